The van der Waals surface area contributed by atoms with Gasteiger partial charge < -0.3 is 19.4 Å². The van der Waals surface area contributed by atoms with Crippen LogP contribution in [0.4, 0.5) is 5.69 Å². The average molecular weight is 364 g/mol. The SMILES string of the molecule is COc1ccc(NC(=O)c2cccn(Cc3ccccc3)c2=O)c(OC)c1. The average Bonchev–Trinajstić information content (AvgIpc) is 2.70. The van der Waals surface area contributed by atoms with Gasteiger partial charge in [0.25, 0.3) is 11.5 Å². The topological polar surface area (TPSA) is 69.6 Å². The second-order valence-corrected chi connectivity index (χ2v) is 5.86. The first-order valence-corrected chi connectivity index (χ1v) is 8.39. The Morgan fingerprint density at radius 3 is 2.48 bits per heavy atom. The number of rotatable bonds is 6. The van der Waals surface area contributed by atoms with Crippen molar-refractivity contribution in [2.24, 2.45) is 0 Å². The quantitative estimate of drug-likeness (QED) is 0.729. The van der Waals surface area contributed by atoms with E-state index in [1.807, 2.05) is 30.3 Å². The van der Waals surface area contributed by atoms with Gasteiger partial charge in [0, 0.05) is 12.3 Å². The predicted molar refractivity (Wildman–Crippen MR) is 104 cm³/mol. The van der Waals surface area contributed by atoms with E-state index in [1.54, 1.807) is 37.6 Å². The molecule has 6 heteroatoms. The maximum absolute atomic E-state index is 12.7. The van der Waals surface area contributed by atoms with Crippen LogP contribution in [0.2, 0.25) is 0 Å². The number of carbonyl (C=O) groups is 1. The summed E-state index contributed by atoms with van der Waals surface area (Å²) in [6.45, 7) is 0.395. The molecule has 3 aromatic rings. The molecule has 0 atom stereocenters. The number of pyridine rings is 1. The molecule has 3 rings (SSSR count). The molecule has 0 fully saturated rings. The van der Waals surface area contributed by atoms with Crippen LogP contribution in [-0.4, -0.2) is 24.7 Å². The van der Waals surface area contributed by atoms with Crippen molar-refractivity contribution < 1.29 is 14.3 Å². The highest BCUT2D eigenvalue weighted by atomic mass is 16.5. The van der Waals surface area contributed by atoms with Crippen molar-refractivity contribution in [1.82, 2.24) is 4.57 Å². The number of carbonyl (C=O) groups excluding carboxylic acids is 1. The minimum Gasteiger partial charge on any atom is -0.497 e. The first-order valence-electron chi connectivity index (χ1n) is 8.39. The van der Waals surface area contributed by atoms with Gasteiger partial charge >= 0.3 is 0 Å². The third-order valence-electron chi connectivity index (χ3n) is 4.12. The number of methoxy groups -OCH3 is 2. The lowest BCUT2D eigenvalue weighted by molar-refractivity contribution is 0.102. The predicted octanol–water partition coefficient (Wildman–Crippen LogP) is 3.17. The lowest BCUT2D eigenvalue weighted by Crippen LogP contribution is -2.29. The minimum atomic E-state index is -0.495. The van der Waals surface area contributed by atoms with E-state index in [4.69, 9.17) is 9.47 Å². The van der Waals surface area contributed by atoms with E-state index in [9.17, 15) is 9.59 Å². The summed E-state index contributed by atoms with van der Waals surface area (Å²) in [5.41, 5.74) is 1.15. The third-order valence-corrected chi connectivity index (χ3v) is 4.12. The van der Waals surface area contributed by atoms with Gasteiger partial charge in [0.05, 0.1) is 26.5 Å². The van der Waals surface area contributed by atoms with Gasteiger partial charge in [-0.1, -0.05) is 30.3 Å². The molecule has 0 aliphatic rings. The van der Waals surface area contributed by atoms with Gasteiger partial charge in [0.1, 0.15) is 17.1 Å². The highest BCUT2D eigenvalue weighted by Gasteiger charge is 2.15. The molecule has 6 nitrogen and oxygen atoms in total. The lowest BCUT2D eigenvalue weighted by Gasteiger charge is -2.12. The van der Waals surface area contributed by atoms with E-state index in [2.05, 4.69) is 5.32 Å². The molecule has 138 valence electrons. The van der Waals surface area contributed by atoms with Crippen LogP contribution in [-0.2, 0) is 6.54 Å². The normalized spacial score (nSPS) is 10.3. The number of hydrogen-bond donors (Lipinski definition) is 1. The van der Waals surface area contributed by atoms with Crippen LogP contribution in [0.25, 0.3) is 0 Å². The van der Waals surface area contributed by atoms with E-state index in [0.717, 1.165) is 5.56 Å². The van der Waals surface area contributed by atoms with Gasteiger partial charge in [0.2, 0.25) is 0 Å². The Kier molecular flexibility index (Phi) is 5.56. The van der Waals surface area contributed by atoms with E-state index < -0.39 is 5.91 Å². The molecule has 2 aromatic carbocycles. The Balaban J connectivity index is 1.85. The highest BCUT2D eigenvalue weighted by Crippen LogP contribution is 2.29. The summed E-state index contributed by atoms with van der Waals surface area (Å²) in [5, 5.41) is 2.73. The molecule has 0 spiro atoms. The number of amides is 1. The van der Waals surface area contributed by atoms with Crippen molar-refractivity contribution in [2.75, 3.05) is 19.5 Å². The van der Waals surface area contributed by atoms with Crippen molar-refractivity contribution in [3.63, 3.8) is 0 Å². The summed E-state index contributed by atoms with van der Waals surface area (Å²) in [7, 11) is 3.05. The number of hydrogen-bond acceptors (Lipinski definition) is 4. The molecule has 0 unspecified atom stereocenters. The lowest BCUT2D eigenvalue weighted by atomic mass is 10.2. The van der Waals surface area contributed by atoms with Crippen LogP contribution in [0.15, 0.2) is 71.7 Å². The molecule has 1 N–H and O–H groups in total. The number of aromatic nitrogens is 1. The number of anilines is 1. The van der Waals surface area contributed by atoms with E-state index in [0.29, 0.717) is 23.7 Å². The summed E-state index contributed by atoms with van der Waals surface area (Å²) in [5.74, 6) is 0.559. The zero-order valence-electron chi connectivity index (χ0n) is 15.1. The highest BCUT2D eigenvalue weighted by molar-refractivity contribution is 6.04. The van der Waals surface area contributed by atoms with Crippen LogP contribution >= 0.6 is 0 Å². The van der Waals surface area contributed by atoms with Gasteiger partial charge in [-0.2, -0.15) is 0 Å². The molecule has 0 aliphatic heterocycles. The molecule has 1 aromatic heterocycles. The monoisotopic (exact) mass is 364 g/mol. The molecule has 27 heavy (non-hydrogen) atoms. The van der Waals surface area contributed by atoms with E-state index in [1.165, 1.54) is 17.7 Å². The summed E-state index contributed by atoms with van der Waals surface area (Å²) in [4.78, 5) is 25.4. The number of nitrogens with zero attached hydrogens (tertiary/aromatic N) is 1. The van der Waals surface area contributed by atoms with Gasteiger partial charge in [-0.05, 0) is 29.8 Å². The second-order valence-electron chi connectivity index (χ2n) is 5.86. The molecule has 1 heterocycles. The summed E-state index contributed by atoms with van der Waals surface area (Å²) < 4.78 is 11.9. The van der Waals surface area contributed by atoms with Gasteiger partial charge in [-0.3, -0.25) is 9.59 Å². The maximum atomic E-state index is 12.7. The smallest absolute Gasteiger partial charge is 0.263 e. The van der Waals surface area contributed by atoms with Crippen molar-refractivity contribution >= 4 is 11.6 Å². The second kappa shape index (κ2) is 8.23. The summed E-state index contributed by atoms with van der Waals surface area (Å²) >= 11 is 0. The number of ether oxygens (including phenoxy) is 2. The Morgan fingerprint density at radius 2 is 1.78 bits per heavy atom. The zero-order valence-corrected chi connectivity index (χ0v) is 15.1. The van der Waals surface area contributed by atoms with Crippen LogP contribution in [0, 0.1) is 0 Å². The van der Waals surface area contributed by atoms with Crippen molar-refractivity contribution in [1.29, 1.82) is 0 Å². The van der Waals surface area contributed by atoms with Crippen LogP contribution < -0.4 is 20.3 Å². The molecular formula is C21H20N2O4. The molecule has 0 bridgehead atoms. The largest absolute Gasteiger partial charge is 0.497 e. The summed E-state index contributed by atoms with van der Waals surface area (Å²) in [6.07, 6.45) is 1.67. The van der Waals surface area contributed by atoms with Gasteiger partial charge in [-0.15, -0.1) is 0 Å². The Labute approximate surface area is 157 Å². The fraction of sp³-hybridized carbons (Fsp3) is 0.143. The third kappa shape index (κ3) is 4.17. The van der Waals surface area contributed by atoms with Crippen molar-refractivity contribution in [3.8, 4) is 11.5 Å². The first kappa shape index (κ1) is 18.3. The van der Waals surface area contributed by atoms with Crippen molar-refractivity contribution in [2.45, 2.75) is 6.54 Å². The van der Waals surface area contributed by atoms with Crippen LogP contribution in [0.5, 0.6) is 11.5 Å². The molecule has 1 amide bonds. The summed E-state index contributed by atoms with van der Waals surface area (Å²) in [6, 6.07) is 17.8. The standard InChI is InChI=1S/C21H20N2O4/c1-26-16-10-11-18(19(13-16)27-2)22-20(24)17-9-6-12-23(21(17)25)14-15-7-4-3-5-8-15/h3-13H,14H2,1-2H3,(H,22,24). The van der Waals surface area contributed by atoms with Gasteiger partial charge in [0.15, 0.2) is 0 Å². The Morgan fingerprint density at radius 1 is 1.00 bits per heavy atom. The molecular weight excluding hydrogens is 344 g/mol. The molecule has 0 radical (unpaired) electrons. The molecule has 0 saturated heterocycles. The van der Waals surface area contributed by atoms with E-state index in [-0.39, 0.29) is 11.1 Å². The minimum absolute atomic E-state index is 0.0614. The zero-order chi connectivity index (χ0) is 19.2. The molecule has 0 aliphatic carbocycles. The first-order chi connectivity index (χ1) is 13.1. The molecule has 0 saturated carbocycles. The fourth-order valence-corrected chi connectivity index (χ4v) is 2.71. The van der Waals surface area contributed by atoms with Crippen molar-refractivity contribution in [3.05, 3.63) is 88.3 Å². The van der Waals surface area contributed by atoms with E-state index >= 15 is 0 Å². The Bertz CT molecular complexity index is 997. The van der Waals surface area contributed by atoms with Gasteiger partial charge in [-0.25, -0.2) is 0 Å². The Hall–Kier alpha value is -3.54. The van der Waals surface area contributed by atoms with Crippen LogP contribution in [0.3, 0.4) is 0 Å². The fourth-order valence-electron chi connectivity index (χ4n) is 2.71. The number of nitrogens with one attached hydrogen (secondary N) is 1. The van der Waals surface area contributed by atoms with Crippen LogP contribution in [0.1, 0.15) is 15.9 Å². The number of benzene rings is 2. The maximum Gasteiger partial charge on any atom is 0.263 e.